The van der Waals surface area contributed by atoms with E-state index in [1.807, 2.05) is 6.07 Å². The summed E-state index contributed by atoms with van der Waals surface area (Å²) in [5, 5.41) is 9.27. The molecule has 0 aliphatic rings. The first-order valence-corrected chi connectivity index (χ1v) is 8.58. The molecule has 1 aromatic carbocycles. The van der Waals surface area contributed by atoms with Gasteiger partial charge in [-0.2, -0.15) is 0 Å². The normalized spacial score (nSPS) is 11.9. The lowest BCUT2D eigenvalue weighted by Gasteiger charge is -2.13. The third-order valence-electron chi connectivity index (χ3n) is 3.90. The second-order valence-electron chi connectivity index (χ2n) is 5.86. The molecule has 0 bridgehead atoms. The molecule has 1 aromatic rings. The highest BCUT2D eigenvalue weighted by molar-refractivity contribution is 5.77. The molecule has 0 amide bonds. The van der Waals surface area contributed by atoms with Crippen molar-refractivity contribution < 1.29 is 19.4 Å². The van der Waals surface area contributed by atoms with Crippen molar-refractivity contribution in [1.82, 2.24) is 0 Å². The molecule has 23 heavy (non-hydrogen) atoms. The highest BCUT2D eigenvalue weighted by Gasteiger charge is 2.21. The van der Waals surface area contributed by atoms with Gasteiger partial charge >= 0.3 is 11.9 Å². The zero-order valence-corrected chi connectivity index (χ0v) is 14.0. The number of hydrogen-bond donors (Lipinski definition) is 1. The van der Waals surface area contributed by atoms with E-state index in [2.05, 4.69) is 6.92 Å². The molecule has 0 fully saturated rings. The summed E-state index contributed by atoms with van der Waals surface area (Å²) < 4.78 is 5.15. The molecule has 0 radical (unpaired) electrons. The molecule has 0 aromatic heterocycles. The average Bonchev–Trinajstić information content (AvgIpc) is 2.55. The van der Waals surface area contributed by atoms with Crippen LogP contribution in [0.4, 0.5) is 0 Å². The van der Waals surface area contributed by atoms with Gasteiger partial charge in [0.05, 0.1) is 0 Å². The van der Waals surface area contributed by atoms with E-state index in [-0.39, 0.29) is 12.6 Å². The van der Waals surface area contributed by atoms with E-state index in [1.165, 1.54) is 25.7 Å². The van der Waals surface area contributed by atoms with E-state index in [1.54, 1.807) is 24.3 Å². The molecule has 0 heterocycles. The molecule has 128 valence electrons. The first-order chi connectivity index (χ1) is 11.1. The topological polar surface area (TPSA) is 63.6 Å². The summed E-state index contributed by atoms with van der Waals surface area (Å²) in [4.78, 5) is 23.0. The van der Waals surface area contributed by atoms with Crippen molar-refractivity contribution in [3.63, 3.8) is 0 Å². The number of unbranched alkanes of at least 4 members (excludes halogenated alkanes) is 6. The largest absolute Gasteiger partial charge is 0.481 e. The summed E-state index contributed by atoms with van der Waals surface area (Å²) in [5.41, 5.74) is 0.656. The van der Waals surface area contributed by atoms with Crippen LogP contribution in [0.3, 0.4) is 0 Å². The molecule has 1 unspecified atom stereocenters. The Labute approximate surface area is 138 Å². The minimum Gasteiger partial charge on any atom is -0.481 e. The third-order valence-corrected chi connectivity index (χ3v) is 3.90. The van der Waals surface area contributed by atoms with Gasteiger partial charge in [-0.05, 0) is 12.0 Å². The molecular weight excluding hydrogens is 292 g/mol. The van der Waals surface area contributed by atoms with Gasteiger partial charge in [-0.25, -0.2) is 0 Å². The molecule has 4 nitrogen and oxygen atoms in total. The van der Waals surface area contributed by atoms with Gasteiger partial charge < -0.3 is 9.84 Å². The minimum absolute atomic E-state index is 0.103. The van der Waals surface area contributed by atoms with Gasteiger partial charge in [0, 0.05) is 6.42 Å². The fourth-order valence-electron chi connectivity index (χ4n) is 2.47. The van der Waals surface area contributed by atoms with Crippen molar-refractivity contribution in [3.05, 3.63) is 35.9 Å². The van der Waals surface area contributed by atoms with Crippen LogP contribution in [0.2, 0.25) is 0 Å². The minimum atomic E-state index is -0.972. The maximum absolute atomic E-state index is 11.7. The second kappa shape index (κ2) is 11.7. The number of carboxylic acids is 1. The number of carboxylic acid groups (broad SMARTS) is 1. The van der Waals surface area contributed by atoms with Crippen molar-refractivity contribution in [1.29, 1.82) is 0 Å². The van der Waals surface area contributed by atoms with Crippen LogP contribution in [-0.2, 0) is 14.3 Å². The zero-order valence-electron chi connectivity index (χ0n) is 14.0. The van der Waals surface area contributed by atoms with E-state index in [4.69, 9.17) is 4.74 Å². The molecule has 0 aliphatic carbocycles. The number of carbonyl (C=O) groups excluding carboxylic acids is 1. The number of carbonyl (C=O) groups is 2. The van der Waals surface area contributed by atoms with Gasteiger partial charge in [0.2, 0.25) is 0 Å². The van der Waals surface area contributed by atoms with E-state index >= 15 is 0 Å². The van der Waals surface area contributed by atoms with Crippen LogP contribution in [-0.4, -0.2) is 23.7 Å². The van der Waals surface area contributed by atoms with Crippen LogP contribution < -0.4 is 0 Å². The number of ether oxygens (including phenoxy) is 1. The van der Waals surface area contributed by atoms with E-state index in [0.717, 1.165) is 19.3 Å². The summed E-state index contributed by atoms with van der Waals surface area (Å²) in [6.45, 7) is 2.09. The highest BCUT2D eigenvalue weighted by Crippen LogP contribution is 2.17. The fourth-order valence-corrected chi connectivity index (χ4v) is 2.47. The molecule has 0 saturated carbocycles. The maximum atomic E-state index is 11.7. The average molecular weight is 320 g/mol. The van der Waals surface area contributed by atoms with Crippen LogP contribution >= 0.6 is 0 Å². The Hall–Kier alpha value is -1.84. The van der Waals surface area contributed by atoms with Crippen molar-refractivity contribution >= 4 is 11.9 Å². The first-order valence-electron chi connectivity index (χ1n) is 8.58. The predicted molar refractivity (Wildman–Crippen MR) is 90.4 cm³/mol. The van der Waals surface area contributed by atoms with Gasteiger partial charge in [0.1, 0.15) is 12.5 Å². The highest BCUT2D eigenvalue weighted by atomic mass is 16.5. The molecule has 0 spiro atoms. The first kappa shape index (κ1) is 19.2. The molecule has 0 saturated heterocycles. The quantitative estimate of drug-likeness (QED) is 0.453. The predicted octanol–water partition coefficient (Wildman–Crippen LogP) is 4.54. The number of aliphatic carboxylic acids is 1. The molecule has 1 rings (SSSR count). The van der Waals surface area contributed by atoms with Crippen LogP contribution in [0, 0.1) is 0 Å². The summed E-state index contributed by atoms with van der Waals surface area (Å²) in [5.74, 6) is -2.07. The van der Waals surface area contributed by atoms with Gasteiger partial charge in [-0.15, -0.1) is 0 Å². The van der Waals surface area contributed by atoms with E-state index < -0.39 is 11.9 Å². The second-order valence-corrected chi connectivity index (χ2v) is 5.86. The van der Waals surface area contributed by atoms with Gasteiger partial charge in [0.25, 0.3) is 0 Å². The van der Waals surface area contributed by atoms with Crippen LogP contribution in [0.1, 0.15) is 69.8 Å². The SMILES string of the molecule is CCCCCCCCCC(=O)OCC(C(=O)O)c1ccccc1. The lowest BCUT2D eigenvalue weighted by Crippen LogP contribution is -2.20. The molecule has 1 atom stereocenters. The number of esters is 1. The zero-order chi connectivity index (χ0) is 16.9. The lowest BCUT2D eigenvalue weighted by molar-refractivity contribution is -0.148. The lowest BCUT2D eigenvalue weighted by atomic mass is 10.0. The third kappa shape index (κ3) is 8.38. The van der Waals surface area contributed by atoms with Gasteiger partial charge in [-0.1, -0.05) is 75.8 Å². The summed E-state index contributed by atoms with van der Waals surface area (Å²) in [6.07, 6.45) is 8.35. The number of benzene rings is 1. The Morgan fingerprint density at radius 3 is 2.22 bits per heavy atom. The summed E-state index contributed by atoms with van der Waals surface area (Å²) in [7, 11) is 0. The summed E-state index contributed by atoms with van der Waals surface area (Å²) >= 11 is 0. The van der Waals surface area contributed by atoms with Gasteiger partial charge in [-0.3, -0.25) is 9.59 Å². The number of rotatable bonds is 12. The Morgan fingerprint density at radius 1 is 1.00 bits per heavy atom. The van der Waals surface area contributed by atoms with Crippen molar-refractivity contribution in [2.45, 2.75) is 64.2 Å². The van der Waals surface area contributed by atoms with Crippen molar-refractivity contribution in [3.8, 4) is 0 Å². The Bertz CT molecular complexity index is 456. The Morgan fingerprint density at radius 2 is 1.61 bits per heavy atom. The van der Waals surface area contributed by atoms with E-state index in [9.17, 15) is 14.7 Å². The van der Waals surface area contributed by atoms with Crippen LogP contribution in [0.25, 0.3) is 0 Å². The Kier molecular flexibility index (Phi) is 9.76. The van der Waals surface area contributed by atoms with Gasteiger partial charge in [0.15, 0.2) is 0 Å². The molecule has 1 N–H and O–H groups in total. The smallest absolute Gasteiger partial charge is 0.314 e. The molecule has 4 heteroatoms. The monoisotopic (exact) mass is 320 g/mol. The standard InChI is InChI=1S/C19H28O4/c1-2-3-4-5-6-7-11-14-18(20)23-15-17(19(21)22)16-12-9-8-10-13-16/h8-10,12-13,17H,2-7,11,14-15H2,1H3,(H,21,22). The number of hydrogen-bond acceptors (Lipinski definition) is 3. The van der Waals surface area contributed by atoms with Crippen LogP contribution in [0.15, 0.2) is 30.3 Å². The Balaban J connectivity index is 2.22. The maximum Gasteiger partial charge on any atom is 0.314 e. The van der Waals surface area contributed by atoms with Crippen molar-refractivity contribution in [2.24, 2.45) is 0 Å². The van der Waals surface area contributed by atoms with E-state index in [0.29, 0.717) is 12.0 Å². The van der Waals surface area contributed by atoms with Crippen molar-refractivity contribution in [2.75, 3.05) is 6.61 Å². The summed E-state index contributed by atoms with van der Waals surface area (Å²) in [6, 6.07) is 8.87. The molecule has 0 aliphatic heterocycles. The van der Waals surface area contributed by atoms with Crippen LogP contribution in [0.5, 0.6) is 0 Å². The fraction of sp³-hybridized carbons (Fsp3) is 0.579. The molecular formula is C19H28O4.